The van der Waals surface area contributed by atoms with Crippen LogP contribution < -0.4 is 0 Å². The third-order valence-electron chi connectivity index (χ3n) is 5.45. The molecule has 0 radical (unpaired) electrons. The zero-order valence-corrected chi connectivity index (χ0v) is 25.5. The standard InChI is InChI=1S/2C9H5F2N3O2.C7H3BrF2O2.C3H4N2/c10-5-3-6(9(15)16)8(7(11)4-5)14-2-1-12-13-14;10-5-3-6(9(15)16)8(7(11)4-5)14-12-1-2-13-14;8-6-4(7(11)12)1-3(9)2-5(6)10;1-2-5-3-4-1/h2*1-4H,(H,15,16);1-2H,(H,11,12);1-2H,3H2. The zero-order chi connectivity index (χ0) is 36.2. The van der Waals surface area contributed by atoms with E-state index in [-0.39, 0.29) is 15.8 Å². The smallest absolute Gasteiger partial charge is 0.338 e. The van der Waals surface area contributed by atoms with Gasteiger partial charge in [0, 0.05) is 30.6 Å². The van der Waals surface area contributed by atoms with Gasteiger partial charge in [-0.05, 0) is 34.1 Å². The van der Waals surface area contributed by atoms with Crippen molar-refractivity contribution in [3.63, 3.8) is 0 Å². The van der Waals surface area contributed by atoms with Gasteiger partial charge in [0.05, 0.1) is 46.0 Å². The Kier molecular flexibility index (Phi) is 13.0. The van der Waals surface area contributed by atoms with Crippen LogP contribution in [0.3, 0.4) is 0 Å². The summed E-state index contributed by atoms with van der Waals surface area (Å²) in [4.78, 5) is 40.3. The first-order chi connectivity index (χ1) is 23.2. The lowest BCUT2D eigenvalue weighted by atomic mass is 10.1. The molecule has 0 bridgehead atoms. The topological polar surface area (TPSA) is 198 Å². The molecule has 1 aliphatic rings. The van der Waals surface area contributed by atoms with Gasteiger partial charge in [-0.15, -0.1) is 9.90 Å². The molecule has 5 aromatic rings. The highest BCUT2D eigenvalue weighted by Crippen LogP contribution is 2.22. The molecule has 14 nitrogen and oxygen atoms in total. The van der Waals surface area contributed by atoms with Crippen LogP contribution in [0.25, 0.3) is 11.4 Å². The summed E-state index contributed by atoms with van der Waals surface area (Å²) in [6.07, 6.45) is 8.43. The molecular weight excluding hydrogens is 738 g/mol. The van der Waals surface area contributed by atoms with Crippen molar-refractivity contribution in [3.8, 4) is 11.4 Å². The average Bonchev–Trinajstić information content (AvgIpc) is 3.85. The van der Waals surface area contributed by atoms with Crippen molar-refractivity contribution in [2.75, 3.05) is 6.67 Å². The number of hydrogen-bond donors (Lipinski definition) is 3. The van der Waals surface area contributed by atoms with E-state index in [1.165, 1.54) is 24.8 Å². The van der Waals surface area contributed by atoms with Crippen molar-refractivity contribution in [1.82, 2.24) is 30.0 Å². The maximum Gasteiger partial charge on any atom is 0.338 e. The Bertz CT molecular complexity index is 1920. The van der Waals surface area contributed by atoms with E-state index in [9.17, 15) is 40.7 Å². The number of hydrogen-bond acceptors (Lipinski definition) is 9. The van der Waals surface area contributed by atoms with Gasteiger partial charge in [0.25, 0.3) is 0 Å². The minimum Gasteiger partial charge on any atom is -0.478 e. The number of aromatic carboxylic acids is 3. The van der Waals surface area contributed by atoms with Crippen LogP contribution >= 0.6 is 15.9 Å². The van der Waals surface area contributed by atoms with Gasteiger partial charge in [-0.2, -0.15) is 10.2 Å². The molecule has 3 aromatic carbocycles. The van der Waals surface area contributed by atoms with E-state index in [1.54, 1.807) is 12.4 Å². The highest BCUT2D eigenvalue weighted by Gasteiger charge is 2.20. The number of carboxylic acid groups (broad SMARTS) is 3. The first-order valence-corrected chi connectivity index (χ1v) is 13.5. The van der Waals surface area contributed by atoms with E-state index >= 15 is 0 Å². The van der Waals surface area contributed by atoms with E-state index in [2.05, 4.69) is 46.4 Å². The van der Waals surface area contributed by atoms with Crippen molar-refractivity contribution in [2.45, 2.75) is 0 Å². The molecular formula is C28H17BrF6N8O6. The summed E-state index contributed by atoms with van der Waals surface area (Å²) in [5.41, 5.74) is -2.20. The molecule has 21 heteroatoms. The Morgan fingerprint density at radius 2 is 1.08 bits per heavy atom. The van der Waals surface area contributed by atoms with Crippen molar-refractivity contribution in [2.24, 2.45) is 9.98 Å². The van der Waals surface area contributed by atoms with Gasteiger partial charge in [0.1, 0.15) is 41.3 Å². The van der Waals surface area contributed by atoms with E-state index in [4.69, 9.17) is 15.3 Å². The number of halogens is 7. The Labute approximate surface area is 277 Å². The van der Waals surface area contributed by atoms with Gasteiger partial charge in [0.2, 0.25) is 0 Å². The molecule has 0 amide bonds. The van der Waals surface area contributed by atoms with Gasteiger partial charge >= 0.3 is 17.9 Å². The minimum absolute atomic E-state index is 0.239. The SMILES string of the molecule is C1=NCN=C1.O=C(O)c1cc(F)cc(F)c1-n1ccnn1.O=C(O)c1cc(F)cc(F)c1-n1nccn1.O=C(O)c1cc(F)cc(F)c1Br. The molecule has 0 spiro atoms. The number of aliphatic imine (C=N–C) groups is 2. The van der Waals surface area contributed by atoms with Gasteiger partial charge in [-0.3, -0.25) is 9.98 Å². The number of nitrogens with zero attached hydrogens (tertiary/aromatic N) is 8. The number of benzene rings is 3. The summed E-state index contributed by atoms with van der Waals surface area (Å²) in [5, 5.41) is 40.2. The van der Waals surface area contributed by atoms with E-state index in [0.29, 0.717) is 30.9 Å². The van der Waals surface area contributed by atoms with Crippen molar-refractivity contribution in [3.05, 3.63) is 117 Å². The summed E-state index contributed by atoms with van der Waals surface area (Å²) >= 11 is 2.69. The first-order valence-electron chi connectivity index (χ1n) is 12.7. The second-order valence-electron chi connectivity index (χ2n) is 8.70. The van der Waals surface area contributed by atoms with Crippen molar-refractivity contribution >= 4 is 46.3 Å². The maximum atomic E-state index is 13.4. The molecule has 6 rings (SSSR count). The van der Waals surface area contributed by atoms with Crippen molar-refractivity contribution in [1.29, 1.82) is 0 Å². The summed E-state index contributed by atoms with van der Waals surface area (Å²) in [6, 6.07) is 3.95. The number of carboxylic acids is 3. The lowest BCUT2D eigenvalue weighted by molar-refractivity contribution is 0.0684. The second-order valence-corrected chi connectivity index (χ2v) is 9.50. The molecule has 0 saturated heterocycles. The fraction of sp³-hybridized carbons (Fsp3) is 0.0357. The van der Waals surface area contributed by atoms with Crippen molar-refractivity contribution < 1.29 is 56.0 Å². The summed E-state index contributed by atoms with van der Waals surface area (Å²) in [7, 11) is 0. The minimum atomic E-state index is -1.45. The quantitative estimate of drug-likeness (QED) is 0.162. The molecule has 3 N–H and O–H groups in total. The second kappa shape index (κ2) is 17.1. The van der Waals surface area contributed by atoms with Crippen LogP contribution in [0.2, 0.25) is 0 Å². The number of rotatable bonds is 5. The molecule has 0 unspecified atom stereocenters. The van der Waals surface area contributed by atoms with Gasteiger partial charge < -0.3 is 15.3 Å². The molecule has 0 saturated carbocycles. The van der Waals surface area contributed by atoms with E-state index in [1.807, 2.05) is 0 Å². The largest absolute Gasteiger partial charge is 0.478 e. The zero-order valence-electron chi connectivity index (χ0n) is 23.9. The molecule has 2 aromatic heterocycles. The fourth-order valence-corrected chi connectivity index (χ4v) is 3.90. The van der Waals surface area contributed by atoms with Crippen LogP contribution in [0.5, 0.6) is 0 Å². The van der Waals surface area contributed by atoms with Crippen LogP contribution in [0, 0.1) is 34.9 Å². The van der Waals surface area contributed by atoms with Gasteiger partial charge in [-0.25, -0.2) is 45.4 Å². The normalized spacial score (nSPS) is 11.0. The lowest BCUT2D eigenvalue weighted by Gasteiger charge is -2.06. The van der Waals surface area contributed by atoms with Crippen LogP contribution in [-0.2, 0) is 0 Å². The molecule has 49 heavy (non-hydrogen) atoms. The first kappa shape index (κ1) is 37.2. The molecule has 1 aliphatic heterocycles. The van der Waals surface area contributed by atoms with Gasteiger partial charge in [-0.1, -0.05) is 5.21 Å². The third kappa shape index (κ3) is 10.1. The van der Waals surface area contributed by atoms with E-state index in [0.717, 1.165) is 21.6 Å². The summed E-state index contributed by atoms with van der Waals surface area (Å²) in [6.45, 7) is 0.639. The highest BCUT2D eigenvalue weighted by atomic mass is 79.9. The summed E-state index contributed by atoms with van der Waals surface area (Å²) in [5.74, 6) is -10.1. The molecule has 254 valence electrons. The monoisotopic (exact) mass is 754 g/mol. The average molecular weight is 755 g/mol. The van der Waals surface area contributed by atoms with Crippen LogP contribution in [0.1, 0.15) is 31.1 Å². The Morgan fingerprint density at radius 3 is 1.51 bits per heavy atom. The van der Waals surface area contributed by atoms with Crippen LogP contribution in [0.4, 0.5) is 26.3 Å². The number of aromatic nitrogens is 6. The Balaban J connectivity index is 0.000000187. The third-order valence-corrected chi connectivity index (χ3v) is 6.26. The maximum absolute atomic E-state index is 13.4. The lowest BCUT2D eigenvalue weighted by Crippen LogP contribution is -2.11. The fourth-order valence-electron chi connectivity index (χ4n) is 3.50. The van der Waals surface area contributed by atoms with Crippen LogP contribution in [-0.4, -0.2) is 82.3 Å². The summed E-state index contributed by atoms with van der Waals surface area (Å²) < 4.78 is 78.4. The molecule has 0 atom stereocenters. The Hall–Kier alpha value is -6.25. The Morgan fingerprint density at radius 1 is 0.633 bits per heavy atom. The predicted molar refractivity (Wildman–Crippen MR) is 159 cm³/mol. The molecule has 3 heterocycles. The van der Waals surface area contributed by atoms with E-state index < -0.39 is 69.5 Å². The number of carbonyl (C=O) groups is 3. The molecule has 0 fully saturated rings. The van der Waals surface area contributed by atoms with Crippen LogP contribution in [0.15, 0.2) is 75.6 Å². The highest BCUT2D eigenvalue weighted by molar-refractivity contribution is 9.10. The molecule has 0 aliphatic carbocycles. The van der Waals surface area contributed by atoms with Gasteiger partial charge in [0.15, 0.2) is 11.6 Å². The predicted octanol–water partition coefficient (Wildman–Crippen LogP) is 5.01.